The van der Waals surface area contributed by atoms with E-state index in [0.717, 1.165) is 10.4 Å². The molecule has 2 aromatic rings. The van der Waals surface area contributed by atoms with E-state index in [9.17, 15) is 13.2 Å². The summed E-state index contributed by atoms with van der Waals surface area (Å²) < 4.78 is 39.7. The molecule has 0 aliphatic carbocycles. The van der Waals surface area contributed by atoms with Crippen molar-refractivity contribution in [1.29, 1.82) is 0 Å². The lowest BCUT2D eigenvalue weighted by molar-refractivity contribution is -0.142. The van der Waals surface area contributed by atoms with Crippen molar-refractivity contribution in [2.75, 3.05) is 0 Å². The van der Waals surface area contributed by atoms with Crippen molar-refractivity contribution >= 4 is 0 Å². The Morgan fingerprint density at radius 1 is 1.22 bits per heavy atom. The second-order valence-corrected chi connectivity index (χ2v) is 4.05. The van der Waals surface area contributed by atoms with Crippen molar-refractivity contribution < 1.29 is 13.2 Å². The van der Waals surface area contributed by atoms with Crippen LogP contribution in [0.1, 0.15) is 11.5 Å². The Hall–Kier alpha value is -1.86. The van der Waals surface area contributed by atoms with Gasteiger partial charge in [0.05, 0.1) is 0 Å². The van der Waals surface area contributed by atoms with Crippen LogP contribution < -0.4 is 0 Å². The van der Waals surface area contributed by atoms with Crippen LogP contribution in [0.4, 0.5) is 13.2 Å². The zero-order chi connectivity index (χ0) is 13.5. The van der Waals surface area contributed by atoms with Gasteiger partial charge in [-0.25, -0.2) is 9.67 Å². The van der Waals surface area contributed by atoms with Gasteiger partial charge in [-0.05, 0) is 19.9 Å². The molecule has 0 radical (unpaired) electrons. The third-order valence-corrected chi connectivity index (χ3v) is 2.45. The Bertz CT molecular complexity index is 547. The standard InChI is InChI=1S/C10H12F3N5/c1-6-4-8(16-17(6)3)9-14-7(2)15-18(9)5-10(11,12)13/h4H,5H2,1-3H3. The SMILES string of the molecule is Cc1nc(-c2cc(C)n(C)n2)n(CC(F)(F)F)n1. The van der Waals surface area contributed by atoms with Gasteiger partial charge in [0.15, 0.2) is 5.82 Å². The molecule has 0 aromatic carbocycles. The highest BCUT2D eigenvalue weighted by Crippen LogP contribution is 2.22. The van der Waals surface area contributed by atoms with E-state index in [1.807, 2.05) is 6.92 Å². The molecular formula is C10H12F3N5. The fourth-order valence-electron chi connectivity index (χ4n) is 1.59. The van der Waals surface area contributed by atoms with Gasteiger partial charge in [-0.1, -0.05) is 0 Å². The Labute approximate surface area is 101 Å². The van der Waals surface area contributed by atoms with E-state index in [-0.39, 0.29) is 11.6 Å². The molecule has 0 saturated heterocycles. The van der Waals surface area contributed by atoms with Gasteiger partial charge in [0.1, 0.15) is 18.1 Å². The van der Waals surface area contributed by atoms with E-state index in [1.54, 1.807) is 24.7 Å². The number of rotatable bonds is 2. The lowest BCUT2D eigenvalue weighted by Crippen LogP contribution is -2.19. The van der Waals surface area contributed by atoms with Crippen LogP contribution in [0, 0.1) is 13.8 Å². The number of alkyl halides is 3. The average Bonchev–Trinajstić information content (AvgIpc) is 2.69. The highest BCUT2D eigenvalue weighted by Gasteiger charge is 2.30. The molecule has 98 valence electrons. The van der Waals surface area contributed by atoms with Gasteiger partial charge in [-0.3, -0.25) is 4.68 Å². The molecule has 0 bridgehead atoms. The maximum absolute atomic E-state index is 12.4. The molecule has 2 rings (SSSR count). The number of nitrogens with zero attached hydrogens (tertiary/aromatic N) is 5. The molecule has 0 spiro atoms. The fraction of sp³-hybridized carbons (Fsp3) is 0.500. The van der Waals surface area contributed by atoms with Crippen molar-refractivity contribution in [1.82, 2.24) is 24.5 Å². The minimum Gasteiger partial charge on any atom is -0.272 e. The van der Waals surface area contributed by atoms with Crippen LogP contribution in [0.3, 0.4) is 0 Å². The molecule has 18 heavy (non-hydrogen) atoms. The molecule has 2 aromatic heterocycles. The predicted molar refractivity (Wildman–Crippen MR) is 57.8 cm³/mol. The molecular weight excluding hydrogens is 247 g/mol. The molecule has 0 aliphatic heterocycles. The van der Waals surface area contributed by atoms with Gasteiger partial charge in [0.2, 0.25) is 0 Å². The monoisotopic (exact) mass is 259 g/mol. The summed E-state index contributed by atoms with van der Waals surface area (Å²) in [5, 5.41) is 7.86. The minimum absolute atomic E-state index is 0.133. The summed E-state index contributed by atoms with van der Waals surface area (Å²) in [4.78, 5) is 4.00. The van der Waals surface area contributed by atoms with Gasteiger partial charge in [-0.15, -0.1) is 0 Å². The topological polar surface area (TPSA) is 48.5 Å². The van der Waals surface area contributed by atoms with Gasteiger partial charge in [0, 0.05) is 12.7 Å². The number of hydrogen-bond donors (Lipinski definition) is 0. The summed E-state index contributed by atoms with van der Waals surface area (Å²) in [5.74, 6) is 0.422. The van der Waals surface area contributed by atoms with Crippen molar-refractivity contribution in [2.24, 2.45) is 7.05 Å². The average molecular weight is 259 g/mol. The van der Waals surface area contributed by atoms with Gasteiger partial charge < -0.3 is 0 Å². The minimum atomic E-state index is -4.33. The largest absolute Gasteiger partial charge is 0.408 e. The number of aromatic nitrogens is 5. The molecule has 8 heteroatoms. The highest BCUT2D eigenvalue weighted by atomic mass is 19.4. The second kappa shape index (κ2) is 4.11. The Morgan fingerprint density at radius 2 is 1.89 bits per heavy atom. The summed E-state index contributed by atoms with van der Waals surface area (Å²) in [7, 11) is 1.72. The van der Waals surface area contributed by atoms with Crippen LogP contribution >= 0.6 is 0 Å². The first-order valence-electron chi connectivity index (χ1n) is 5.25. The van der Waals surface area contributed by atoms with Gasteiger partial charge >= 0.3 is 6.18 Å². The van der Waals surface area contributed by atoms with Crippen LogP contribution in [0.2, 0.25) is 0 Å². The number of aryl methyl sites for hydroxylation is 3. The van der Waals surface area contributed by atoms with Crippen molar-refractivity contribution in [3.05, 3.63) is 17.6 Å². The molecule has 0 aliphatic rings. The molecule has 2 heterocycles. The Kier molecular flexibility index (Phi) is 2.88. The summed E-state index contributed by atoms with van der Waals surface area (Å²) in [6.45, 7) is 2.19. The molecule has 0 amide bonds. The lowest BCUT2D eigenvalue weighted by atomic mass is 10.3. The first kappa shape index (κ1) is 12.6. The molecule has 0 fully saturated rings. The maximum Gasteiger partial charge on any atom is 0.408 e. The lowest BCUT2D eigenvalue weighted by Gasteiger charge is -2.07. The molecule has 0 N–H and O–H groups in total. The van der Waals surface area contributed by atoms with Gasteiger partial charge in [0.25, 0.3) is 0 Å². The van der Waals surface area contributed by atoms with Crippen molar-refractivity contribution in [3.63, 3.8) is 0 Å². The maximum atomic E-state index is 12.4. The number of halogens is 3. The quantitative estimate of drug-likeness (QED) is 0.827. The van der Waals surface area contributed by atoms with E-state index in [1.165, 1.54) is 0 Å². The summed E-state index contributed by atoms with van der Waals surface area (Å²) >= 11 is 0. The molecule has 0 atom stereocenters. The van der Waals surface area contributed by atoms with Crippen LogP contribution in [-0.4, -0.2) is 30.7 Å². The third-order valence-electron chi connectivity index (χ3n) is 2.45. The van der Waals surface area contributed by atoms with Crippen LogP contribution in [0.25, 0.3) is 11.5 Å². The zero-order valence-electron chi connectivity index (χ0n) is 10.2. The fourth-order valence-corrected chi connectivity index (χ4v) is 1.59. The Balaban J connectivity index is 2.44. The van der Waals surface area contributed by atoms with E-state index in [2.05, 4.69) is 15.2 Å². The third kappa shape index (κ3) is 2.52. The first-order chi connectivity index (χ1) is 8.26. The van der Waals surface area contributed by atoms with Crippen molar-refractivity contribution in [2.45, 2.75) is 26.6 Å². The summed E-state index contributed by atoms with van der Waals surface area (Å²) in [5.41, 5.74) is 1.23. The predicted octanol–water partition coefficient (Wildman–Crippen LogP) is 1.86. The van der Waals surface area contributed by atoms with E-state index >= 15 is 0 Å². The Morgan fingerprint density at radius 3 is 2.39 bits per heavy atom. The van der Waals surface area contributed by atoms with Crippen LogP contribution in [0.5, 0.6) is 0 Å². The van der Waals surface area contributed by atoms with Crippen molar-refractivity contribution in [3.8, 4) is 11.5 Å². The summed E-state index contributed by atoms with van der Waals surface area (Å²) in [6.07, 6.45) is -4.33. The molecule has 5 nitrogen and oxygen atoms in total. The van der Waals surface area contributed by atoms with Crippen LogP contribution in [-0.2, 0) is 13.6 Å². The highest BCUT2D eigenvalue weighted by molar-refractivity contribution is 5.49. The van der Waals surface area contributed by atoms with Gasteiger partial charge in [-0.2, -0.15) is 23.4 Å². The van der Waals surface area contributed by atoms with E-state index < -0.39 is 12.7 Å². The first-order valence-corrected chi connectivity index (χ1v) is 5.25. The van der Waals surface area contributed by atoms with E-state index in [4.69, 9.17) is 0 Å². The molecule has 0 unspecified atom stereocenters. The zero-order valence-corrected chi connectivity index (χ0v) is 10.2. The number of hydrogen-bond acceptors (Lipinski definition) is 3. The molecule has 0 saturated carbocycles. The normalized spacial score (nSPS) is 12.1. The second-order valence-electron chi connectivity index (χ2n) is 4.05. The van der Waals surface area contributed by atoms with E-state index in [0.29, 0.717) is 5.69 Å². The van der Waals surface area contributed by atoms with Crippen LogP contribution in [0.15, 0.2) is 6.07 Å². The smallest absolute Gasteiger partial charge is 0.272 e. The summed E-state index contributed by atoms with van der Waals surface area (Å²) in [6, 6.07) is 1.68.